The highest BCUT2D eigenvalue weighted by Crippen LogP contribution is 2.22. The number of para-hydroxylation sites is 1. The van der Waals surface area contributed by atoms with E-state index < -0.39 is 16.7 Å². The van der Waals surface area contributed by atoms with E-state index in [2.05, 4.69) is 0 Å². The minimum Gasteiger partial charge on any atom is -0.462 e. The van der Waals surface area contributed by atoms with E-state index in [-0.39, 0.29) is 18.2 Å². The maximum atomic E-state index is 11.6. The van der Waals surface area contributed by atoms with Gasteiger partial charge in [-0.1, -0.05) is 12.1 Å². The summed E-state index contributed by atoms with van der Waals surface area (Å²) in [5.41, 5.74) is 0.238. The average molecular weight is 289 g/mol. The molecule has 0 heterocycles. The summed E-state index contributed by atoms with van der Waals surface area (Å²) in [4.78, 5) is 33.4. The molecule has 0 aromatic heterocycles. The second-order valence-electron chi connectivity index (χ2n) is 4.84. The number of ketones is 1. The Morgan fingerprint density at radius 3 is 2.67 bits per heavy atom. The lowest BCUT2D eigenvalue weighted by molar-refractivity contribution is -0.385. The molecular formula is C15H15NO5. The van der Waals surface area contributed by atoms with Crippen molar-refractivity contribution in [2.75, 3.05) is 0 Å². The van der Waals surface area contributed by atoms with E-state index in [1.54, 1.807) is 12.1 Å². The Hall–Kier alpha value is -2.50. The number of benzene rings is 1. The summed E-state index contributed by atoms with van der Waals surface area (Å²) in [7, 11) is 0. The van der Waals surface area contributed by atoms with Crippen LogP contribution in [0.4, 0.5) is 5.69 Å². The maximum absolute atomic E-state index is 11.6. The first kappa shape index (κ1) is 14.9. The summed E-state index contributed by atoms with van der Waals surface area (Å²) < 4.78 is 5.07. The first-order chi connectivity index (χ1) is 10.1. The van der Waals surface area contributed by atoms with Gasteiger partial charge in [-0.3, -0.25) is 19.7 Å². The van der Waals surface area contributed by atoms with Gasteiger partial charge < -0.3 is 4.74 Å². The van der Waals surface area contributed by atoms with Crippen molar-refractivity contribution in [3.63, 3.8) is 0 Å². The van der Waals surface area contributed by atoms with Gasteiger partial charge in [-0.05, 0) is 37.5 Å². The molecule has 0 saturated heterocycles. The molecule has 1 aromatic rings. The zero-order valence-electron chi connectivity index (χ0n) is 11.4. The fraction of sp³-hybridized carbons (Fsp3) is 0.333. The Morgan fingerprint density at radius 1 is 1.33 bits per heavy atom. The Labute approximate surface area is 121 Å². The van der Waals surface area contributed by atoms with Gasteiger partial charge in [0.25, 0.3) is 5.69 Å². The lowest BCUT2D eigenvalue weighted by Crippen LogP contribution is -2.25. The standard InChI is InChI=1S/C15H15NO5/c17-12(10-15(18)21-13-5-3-6-13)9-8-11-4-1-2-7-14(11)16(19)20/h1-2,4,7-9,13H,3,5-6,10H2. The van der Waals surface area contributed by atoms with Gasteiger partial charge in [-0.25, -0.2) is 0 Å². The number of nitrogens with zero attached hydrogens (tertiary/aromatic N) is 1. The second-order valence-corrected chi connectivity index (χ2v) is 4.84. The van der Waals surface area contributed by atoms with Gasteiger partial charge >= 0.3 is 5.97 Å². The van der Waals surface area contributed by atoms with Crippen molar-refractivity contribution >= 4 is 23.5 Å². The Morgan fingerprint density at radius 2 is 2.05 bits per heavy atom. The van der Waals surface area contributed by atoms with Crippen LogP contribution in [-0.2, 0) is 14.3 Å². The first-order valence-corrected chi connectivity index (χ1v) is 6.70. The van der Waals surface area contributed by atoms with Crippen LogP contribution in [0.25, 0.3) is 6.08 Å². The van der Waals surface area contributed by atoms with Crippen molar-refractivity contribution in [3.8, 4) is 0 Å². The smallest absolute Gasteiger partial charge is 0.313 e. The van der Waals surface area contributed by atoms with E-state index in [1.165, 1.54) is 24.3 Å². The molecule has 6 nitrogen and oxygen atoms in total. The van der Waals surface area contributed by atoms with Gasteiger partial charge in [0.05, 0.1) is 10.5 Å². The third-order valence-electron chi connectivity index (χ3n) is 3.25. The van der Waals surface area contributed by atoms with E-state index in [4.69, 9.17) is 4.74 Å². The predicted octanol–water partition coefficient (Wildman–Crippen LogP) is 2.66. The molecule has 21 heavy (non-hydrogen) atoms. The van der Waals surface area contributed by atoms with Crippen LogP contribution in [0.5, 0.6) is 0 Å². The second kappa shape index (κ2) is 6.78. The fourth-order valence-corrected chi connectivity index (χ4v) is 1.89. The molecule has 0 atom stereocenters. The number of ether oxygens (including phenoxy) is 1. The summed E-state index contributed by atoms with van der Waals surface area (Å²) >= 11 is 0. The van der Waals surface area contributed by atoms with Gasteiger partial charge in [0, 0.05) is 6.07 Å². The van der Waals surface area contributed by atoms with E-state index in [0.717, 1.165) is 19.3 Å². The molecular weight excluding hydrogens is 274 g/mol. The predicted molar refractivity (Wildman–Crippen MR) is 75.5 cm³/mol. The molecule has 1 aromatic carbocycles. The van der Waals surface area contributed by atoms with Crippen LogP contribution in [0.3, 0.4) is 0 Å². The zero-order chi connectivity index (χ0) is 15.2. The van der Waals surface area contributed by atoms with Crippen LogP contribution in [0.2, 0.25) is 0 Å². The third-order valence-corrected chi connectivity index (χ3v) is 3.25. The number of nitro groups is 1. The molecule has 6 heteroatoms. The number of hydrogen-bond donors (Lipinski definition) is 0. The minimum absolute atomic E-state index is 0.0514. The molecule has 0 N–H and O–H groups in total. The third kappa shape index (κ3) is 4.24. The lowest BCUT2D eigenvalue weighted by Gasteiger charge is -2.24. The average Bonchev–Trinajstić information content (AvgIpc) is 2.41. The summed E-state index contributed by atoms with van der Waals surface area (Å²) in [6.07, 6.45) is 4.88. The molecule has 2 rings (SSSR count). The van der Waals surface area contributed by atoms with Gasteiger partial charge in [0.15, 0.2) is 5.78 Å². The van der Waals surface area contributed by atoms with E-state index in [9.17, 15) is 19.7 Å². The number of allylic oxidation sites excluding steroid dienone is 1. The molecule has 0 aliphatic heterocycles. The molecule has 0 bridgehead atoms. The molecule has 0 amide bonds. The molecule has 0 spiro atoms. The molecule has 1 saturated carbocycles. The Balaban J connectivity index is 1.92. The van der Waals surface area contributed by atoms with Crippen molar-refractivity contribution in [3.05, 3.63) is 46.0 Å². The van der Waals surface area contributed by atoms with Crippen LogP contribution in [0.1, 0.15) is 31.2 Å². The molecule has 0 unspecified atom stereocenters. The SMILES string of the molecule is O=C(C=Cc1ccccc1[N+](=O)[O-])CC(=O)OC1CCC1. The highest BCUT2D eigenvalue weighted by molar-refractivity contribution is 6.04. The lowest BCUT2D eigenvalue weighted by atomic mass is 9.96. The highest BCUT2D eigenvalue weighted by Gasteiger charge is 2.22. The van der Waals surface area contributed by atoms with Gasteiger partial charge in [0.2, 0.25) is 0 Å². The van der Waals surface area contributed by atoms with Gasteiger partial charge in [-0.2, -0.15) is 0 Å². The largest absolute Gasteiger partial charge is 0.462 e. The molecule has 1 aliphatic carbocycles. The van der Waals surface area contributed by atoms with E-state index >= 15 is 0 Å². The number of rotatable bonds is 6. The number of carbonyl (C=O) groups is 2. The van der Waals surface area contributed by atoms with Crippen molar-refractivity contribution in [2.24, 2.45) is 0 Å². The van der Waals surface area contributed by atoms with Crippen LogP contribution >= 0.6 is 0 Å². The number of esters is 1. The van der Waals surface area contributed by atoms with Crippen molar-refractivity contribution in [1.82, 2.24) is 0 Å². The Kier molecular flexibility index (Phi) is 4.81. The fourth-order valence-electron chi connectivity index (χ4n) is 1.89. The van der Waals surface area contributed by atoms with Crippen molar-refractivity contribution in [2.45, 2.75) is 31.8 Å². The number of nitro benzene ring substituents is 1. The normalized spacial score (nSPS) is 14.7. The Bertz CT molecular complexity index is 589. The minimum atomic E-state index is -0.545. The topological polar surface area (TPSA) is 86.5 Å². The van der Waals surface area contributed by atoms with E-state index in [0.29, 0.717) is 5.56 Å². The zero-order valence-corrected chi connectivity index (χ0v) is 11.4. The van der Waals surface area contributed by atoms with Crippen molar-refractivity contribution in [1.29, 1.82) is 0 Å². The summed E-state index contributed by atoms with van der Waals surface area (Å²) in [5.74, 6) is -0.977. The van der Waals surface area contributed by atoms with Crippen LogP contribution < -0.4 is 0 Å². The molecule has 0 radical (unpaired) electrons. The van der Waals surface area contributed by atoms with Crippen LogP contribution in [-0.4, -0.2) is 22.8 Å². The van der Waals surface area contributed by atoms with Gasteiger partial charge in [-0.15, -0.1) is 0 Å². The number of carbonyl (C=O) groups excluding carboxylic acids is 2. The van der Waals surface area contributed by atoms with Crippen LogP contribution in [0, 0.1) is 10.1 Å². The van der Waals surface area contributed by atoms with Crippen LogP contribution in [0.15, 0.2) is 30.3 Å². The van der Waals surface area contributed by atoms with Gasteiger partial charge in [0.1, 0.15) is 12.5 Å². The van der Waals surface area contributed by atoms with Crippen molar-refractivity contribution < 1.29 is 19.2 Å². The first-order valence-electron chi connectivity index (χ1n) is 6.70. The summed E-state index contributed by atoms with van der Waals surface area (Å²) in [6.45, 7) is 0. The number of hydrogen-bond acceptors (Lipinski definition) is 5. The molecule has 1 fully saturated rings. The highest BCUT2D eigenvalue weighted by atomic mass is 16.6. The quantitative estimate of drug-likeness (QED) is 0.264. The maximum Gasteiger partial charge on any atom is 0.313 e. The van der Waals surface area contributed by atoms with E-state index in [1.807, 2.05) is 0 Å². The molecule has 1 aliphatic rings. The monoisotopic (exact) mass is 289 g/mol. The molecule has 110 valence electrons. The summed E-state index contributed by atoms with van der Waals surface area (Å²) in [5, 5.41) is 10.8. The summed E-state index contributed by atoms with van der Waals surface area (Å²) in [6, 6.07) is 6.08.